The second kappa shape index (κ2) is 6.34. The molecule has 4 nitrogen and oxygen atoms in total. The number of carbonyl (C=O) groups excluding carboxylic acids is 1. The van der Waals surface area contributed by atoms with Crippen molar-refractivity contribution in [1.82, 2.24) is 15.1 Å². The van der Waals surface area contributed by atoms with Crippen molar-refractivity contribution in [3.05, 3.63) is 47.3 Å². The van der Waals surface area contributed by atoms with E-state index >= 15 is 0 Å². The van der Waals surface area contributed by atoms with Crippen molar-refractivity contribution >= 4 is 5.91 Å². The van der Waals surface area contributed by atoms with Crippen molar-refractivity contribution in [2.75, 3.05) is 0 Å². The summed E-state index contributed by atoms with van der Waals surface area (Å²) in [6, 6.07) is 8.48. The maximum Gasteiger partial charge on any atom is 0.254 e. The van der Waals surface area contributed by atoms with Gasteiger partial charge in [0.15, 0.2) is 0 Å². The van der Waals surface area contributed by atoms with Gasteiger partial charge < -0.3 is 5.32 Å². The van der Waals surface area contributed by atoms with E-state index in [1.165, 1.54) is 24.8 Å². The number of hydrogen-bond acceptors (Lipinski definition) is 2. The number of amides is 1. The first-order valence-electron chi connectivity index (χ1n) is 8.07. The average molecular weight is 297 g/mol. The highest BCUT2D eigenvalue weighted by Gasteiger charge is 2.20. The Morgan fingerprint density at radius 1 is 1.14 bits per heavy atom. The van der Waals surface area contributed by atoms with Crippen molar-refractivity contribution in [2.24, 2.45) is 0 Å². The molecule has 0 radical (unpaired) electrons. The minimum absolute atomic E-state index is 0.00256. The molecule has 0 unspecified atom stereocenters. The molecule has 1 aliphatic rings. The van der Waals surface area contributed by atoms with Gasteiger partial charge in [-0.1, -0.05) is 37.0 Å². The summed E-state index contributed by atoms with van der Waals surface area (Å²) in [6.07, 6.45) is 7.58. The Morgan fingerprint density at radius 2 is 1.82 bits per heavy atom. The van der Waals surface area contributed by atoms with E-state index in [2.05, 4.69) is 29.5 Å². The van der Waals surface area contributed by atoms with Gasteiger partial charge in [-0.25, -0.2) is 4.68 Å². The zero-order valence-corrected chi connectivity index (χ0v) is 13.3. The lowest BCUT2D eigenvalue weighted by molar-refractivity contribution is 0.0927. The molecule has 1 amide bonds. The first-order valence-corrected chi connectivity index (χ1v) is 8.07. The fourth-order valence-electron chi connectivity index (χ4n) is 3.09. The molecule has 0 spiro atoms. The Balaban J connectivity index is 1.77. The minimum Gasteiger partial charge on any atom is -0.349 e. The zero-order chi connectivity index (χ0) is 15.5. The van der Waals surface area contributed by atoms with Gasteiger partial charge in [-0.3, -0.25) is 4.79 Å². The highest BCUT2D eigenvalue weighted by molar-refractivity contribution is 5.95. The van der Waals surface area contributed by atoms with E-state index in [9.17, 15) is 4.79 Å². The third-order valence-electron chi connectivity index (χ3n) is 4.47. The van der Waals surface area contributed by atoms with Gasteiger partial charge in [-0.15, -0.1) is 0 Å². The molecule has 22 heavy (non-hydrogen) atoms. The van der Waals surface area contributed by atoms with E-state index in [0.29, 0.717) is 11.6 Å². The summed E-state index contributed by atoms with van der Waals surface area (Å²) in [6.45, 7) is 4.01. The van der Waals surface area contributed by atoms with Gasteiger partial charge in [0.2, 0.25) is 0 Å². The first kappa shape index (κ1) is 14.8. The van der Waals surface area contributed by atoms with Crippen molar-refractivity contribution in [1.29, 1.82) is 0 Å². The molecule has 1 aromatic heterocycles. The highest BCUT2D eigenvalue weighted by Crippen LogP contribution is 2.19. The van der Waals surface area contributed by atoms with Gasteiger partial charge in [0.25, 0.3) is 5.91 Å². The third kappa shape index (κ3) is 3.06. The average Bonchev–Trinajstić information content (AvgIpc) is 2.91. The van der Waals surface area contributed by atoms with Gasteiger partial charge in [0, 0.05) is 6.04 Å². The van der Waals surface area contributed by atoms with Crippen LogP contribution in [0.1, 0.15) is 53.7 Å². The Labute approximate surface area is 131 Å². The maximum absolute atomic E-state index is 12.5. The number of nitrogens with one attached hydrogen (secondary N) is 1. The van der Waals surface area contributed by atoms with Crippen LogP contribution in [0.3, 0.4) is 0 Å². The molecule has 0 atom stereocenters. The smallest absolute Gasteiger partial charge is 0.254 e. The van der Waals surface area contributed by atoms with Gasteiger partial charge in [0.05, 0.1) is 23.1 Å². The molecule has 1 saturated carbocycles. The quantitative estimate of drug-likeness (QED) is 0.941. The van der Waals surface area contributed by atoms with Crippen molar-refractivity contribution in [2.45, 2.75) is 52.0 Å². The topological polar surface area (TPSA) is 46.9 Å². The van der Waals surface area contributed by atoms with Crippen LogP contribution in [-0.4, -0.2) is 21.7 Å². The molecule has 0 aliphatic heterocycles. The Kier molecular flexibility index (Phi) is 4.27. The first-order chi connectivity index (χ1) is 10.6. The molecular formula is C18H23N3O. The summed E-state index contributed by atoms with van der Waals surface area (Å²) < 4.78 is 1.83. The summed E-state index contributed by atoms with van der Waals surface area (Å²) in [7, 11) is 0. The number of rotatable bonds is 3. The summed E-state index contributed by atoms with van der Waals surface area (Å²) in [5.41, 5.74) is 3.76. The SMILES string of the molecule is Cc1ccc(-n2ncc(C(=O)NC3CCCCC3)c2C)cc1. The van der Waals surface area contributed by atoms with Crippen LogP contribution < -0.4 is 5.32 Å². The third-order valence-corrected chi connectivity index (χ3v) is 4.47. The molecule has 3 rings (SSSR count). The zero-order valence-electron chi connectivity index (χ0n) is 13.3. The Morgan fingerprint density at radius 3 is 2.50 bits per heavy atom. The number of hydrogen-bond donors (Lipinski definition) is 1. The predicted octanol–water partition coefficient (Wildman–Crippen LogP) is 3.55. The van der Waals surface area contributed by atoms with Gasteiger partial charge >= 0.3 is 0 Å². The second-order valence-electron chi connectivity index (χ2n) is 6.20. The Hall–Kier alpha value is -2.10. The van der Waals surface area contributed by atoms with Gasteiger partial charge in [0.1, 0.15) is 0 Å². The molecule has 2 aromatic rings. The maximum atomic E-state index is 12.5. The number of nitrogens with zero attached hydrogens (tertiary/aromatic N) is 2. The lowest BCUT2D eigenvalue weighted by atomic mass is 9.95. The largest absolute Gasteiger partial charge is 0.349 e. The molecule has 4 heteroatoms. The number of benzene rings is 1. The fourth-order valence-corrected chi connectivity index (χ4v) is 3.09. The van der Waals surface area contributed by atoms with Crippen molar-refractivity contribution in [3.8, 4) is 5.69 Å². The molecule has 1 aliphatic carbocycles. The van der Waals surface area contributed by atoms with Crippen LogP contribution in [0.5, 0.6) is 0 Å². The van der Waals surface area contributed by atoms with E-state index < -0.39 is 0 Å². The van der Waals surface area contributed by atoms with Crippen LogP contribution in [0.4, 0.5) is 0 Å². The fraction of sp³-hybridized carbons (Fsp3) is 0.444. The molecule has 1 aromatic carbocycles. The Bertz CT molecular complexity index is 651. The molecule has 1 N–H and O–H groups in total. The van der Waals surface area contributed by atoms with Gasteiger partial charge in [-0.05, 0) is 38.8 Å². The standard InChI is InChI=1S/C18H23N3O/c1-13-8-10-16(11-9-13)21-14(2)17(12-19-21)18(22)20-15-6-4-3-5-7-15/h8-12,15H,3-7H2,1-2H3,(H,20,22). The van der Waals surface area contributed by atoms with Crippen LogP contribution in [0.15, 0.2) is 30.5 Å². The summed E-state index contributed by atoms with van der Waals surface area (Å²) in [5.74, 6) is 0.00256. The lowest BCUT2D eigenvalue weighted by Crippen LogP contribution is -2.36. The van der Waals surface area contributed by atoms with E-state index in [1.54, 1.807) is 6.20 Å². The molecule has 0 bridgehead atoms. The molecule has 1 heterocycles. The van der Waals surface area contributed by atoms with Crippen molar-refractivity contribution in [3.63, 3.8) is 0 Å². The monoisotopic (exact) mass is 297 g/mol. The normalized spacial score (nSPS) is 15.7. The van der Waals surface area contributed by atoms with Gasteiger partial charge in [-0.2, -0.15) is 5.10 Å². The minimum atomic E-state index is 0.00256. The van der Waals surface area contributed by atoms with Crippen LogP contribution in [0, 0.1) is 13.8 Å². The summed E-state index contributed by atoms with van der Waals surface area (Å²) in [4.78, 5) is 12.5. The highest BCUT2D eigenvalue weighted by atomic mass is 16.1. The van der Waals surface area contributed by atoms with E-state index in [0.717, 1.165) is 24.2 Å². The van der Waals surface area contributed by atoms with Crippen LogP contribution >= 0.6 is 0 Å². The van der Waals surface area contributed by atoms with E-state index in [4.69, 9.17) is 0 Å². The lowest BCUT2D eigenvalue weighted by Gasteiger charge is -2.22. The molecular weight excluding hydrogens is 274 g/mol. The number of carbonyl (C=O) groups is 1. The number of aryl methyl sites for hydroxylation is 1. The molecule has 0 saturated heterocycles. The van der Waals surface area contributed by atoms with E-state index in [1.807, 2.05) is 23.7 Å². The second-order valence-corrected chi connectivity index (χ2v) is 6.20. The number of aromatic nitrogens is 2. The summed E-state index contributed by atoms with van der Waals surface area (Å²) in [5, 5.41) is 7.54. The molecule has 116 valence electrons. The van der Waals surface area contributed by atoms with Crippen LogP contribution in [0.25, 0.3) is 5.69 Å². The van der Waals surface area contributed by atoms with Crippen LogP contribution in [-0.2, 0) is 0 Å². The predicted molar refractivity (Wildman–Crippen MR) is 87.4 cm³/mol. The summed E-state index contributed by atoms with van der Waals surface area (Å²) >= 11 is 0. The molecule has 1 fully saturated rings. The van der Waals surface area contributed by atoms with Crippen LogP contribution in [0.2, 0.25) is 0 Å². The van der Waals surface area contributed by atoms with E-state index in [-0.39, 0.29) is 5.91 Å². The van der Waals surface area contributed by atoms with Crippen molar-refractivity contribution < 1.29 is 4.79 Å².